The van der Waals surface area contributed by atoms with Gasteiger partial charge < -0.3 is 34.5 Å². The van der Waals surface area contributed by atoms with E-state index in [1.807, 2.05) is 60.1 Å². The zero-order chi connectivity index (χ0) is 23.3. The summed E-state index contributed by atoms with van der Waals surface area (Å²) in [5.41, 5.74) is 4.61. The molecule has 9 heteroatoms. The Morgan fingerprint density at radius 2 is 2.09 bits per heavy atom. The van der Waals surface area contributed by atoms with Crippen molar-refractivity contribution in [3.8, 4) is 22.8 Å². The van der Waals surface area contributed by atoms with Crippen LogP contribution in [-0.4, -0.2) is 58.4 Å². The fraction of sp³-hybridized carbons (Fsp3) is 0.280. The SMILES string of the molecule is COc1cc(Nc2nc(-c3ccc4c(c3)OCCN4)cn3ccnc23)ccc1N1CC(C)(O)C1. The summed E-state index contributed by atoms with van der Waals surface area (Å²) in [4.78, 5) is 11.5. The fourth-order valence-corrected chi connectivity index (χ4v) is 4.55. The maximum absolute atomic E-state index is 10.1. The van der Waals surface area contributed by atoms with E-state index in [1.165, 1.54) is 0 Å². The number of β-amino-alcohol motifs (C(OH)–C–C–N with tert-alkyl or cyclic N) is 1. The smallest absolute Gasteiger partial charge is 0.180 e. The van der Waals surface area contributed by atoms with Crippen LogP contribution in [0.15, 0.2) is 55.0 Å². The Morgan fingerprint density at radius 1 is 1.21 bits per heavy atom. The maximum Gasteiger partial charge on any atom is 0.180 e. The second-order valence-corrected chi connectivity index (χ2v) is 8.98. The van der Waals surface area contributed by atoms with E-state index in [1.54, 1.807) is 13.3 Å². The lowest BCUT2D eigenvalue weighted by atomic mass is 9.96. The highest BCUT2D eigenvalue weighted by atomic mass is 16.5. The number of anilines is 4. The Labute approximate surface area is 197 Å². The van der Waals surface area contributed by atoms with E-state index in [9.17, 15) is 5.11 Å². The number of benzene rings is 2. The molecule has 3 N–H and O–H groups in total. The second kappa shape index (κ2) is 7.81. The van der Waals surface area contributed by atoms with E-state index in [0.717, 1.165) is 52.0 Å². The van der Waals surface area contributed by atoms with Crippen molar-refractivity contribution in [1.82, 2.24) is 14.4 Å². The summed E-state index contributed by atoms with van der Waals surface area (Å²) in [5.74, 6) is 2.20. The number of hydrogen-bond donors (Lipinski definition) is 3. The molecule has 9 nitrogen and oxygen atoms in total. The quantitative estimate of drug-likeness (QED) is 0.418. The van der Waals surface area contributed by atoms with Crippen molar-refractivity contribution in [3.05, 3.63) is 55.0 Å². The number of ether oxygens (including phenoxy) is 2. The van der Waals surface area contributed by atoms with Gasteiger partial charge in [0.25, 0.3) is 0 Å². The van der Waals surface area contributed by atoms with Gasteiger partial charge in [0.2, 0.25) is 0 Å². The summed E-state index contributed by atoms with van der Waals surface area (Å²) in [6.45, 7) is 4.44. The van der Waals surface area contributed by atoms with Crippen LogP contribution in [-0.2, 0) is 0 Å². The molecule has 2 aromatic heterocycles. The minimum atomic E-state index is -0.656. The van der Waals surface area contributed by atoms with Gasteiger partial charge in [-0.2, -0.15) is 0 Å². The Kier molecular flexibility index (Phi) is 4.73. The van der Waals surface area contributed by atoms with Crippen LogP contribution in [0.5, 0.6) is 11.5 Å². The Bertz CT molecular complexity index is 1370. The van der Waals surface area contributed by atoms with Gasteiger partial charge in [0.05, 0.1) is 29.8 Å². The van der Waals surface area contributed by atoms with Gasteiger partial charge >= 0.3 is 0 Å². The number of methoxy groups -OCH3 is 1. The van der Waals surface area contributed by atoms with E-state index in [0.29, 0.717) is 25.5 Å². The molecule has 0 saturated carbocycles. The summed E-state index contributed by atoms with van der Waals surface area (Å²) in [5, 5.41) is 16.9. The molecule has 1 fully saturated rings. The first-order valence-electron chi connectivity index (χ1n) is 11.3. The first-order valence-corrected chi connectivity index (χ1v) is 11.3. The van der Waals surface area contributed by atoms with Crippen molar-refractivity contribution in [2.45, 2.75) is 12.5 Å². The van der Waals surface area contributed by atoms with Crippen LogP contribution in [0.25, 0.3) is 16.9 Å². The van der Waals surface area contributed by atoms with Gasteiger partial charge in [-0.25, -0.2) is 9.97 Å². The Balaban J connectivity index is 1.34. The molecule has 0 bridgehead atoms. The van der Waals surface area contributed by atoms with E-state index in [2.05, 4.69) is 20.5 Å². The largest absolute Gasteiger partial charge is 0.495 e. The highest BCUT2D eigenvalue weighted by Gasteiger charge is 2.37. The van der Waals surface area contributed by atoms with Gasteiger partial charge in [-0.1, -0.05) is 6.07 Å². The molecule has 6 rings (SSSR count). The van der Waals surface area contributed by atoms with Crippen molar-refractivity contribution >= 4 is 28.5 Å². The van der Waals surface area contributed by atoms with Crippen LogP contribution in [0.2, 0.25) is 0 Å². The van der Waals surface area contributed by atoms with Crippen molar-refractivity contribution < 1.29 is 14.6 Å². The number of nitrogens with zero attached hydrogens (tertiary/aromatic N) is 4. The topological polar surface area (TPSA) is 96.2 Å². The van der Waals surface area contributed by atoms with Gasteiger partial charge in [0.1, 0.15) is 18.1 Å². The van der Waals surface area contributed by atoms with E-state index in [-0.39, 0.29) is 0 Å². The lowest BCUT2D eigenvalue weighted by molar-refractivity contribution is 0.0308. The fourth-order valence-electron chi connectivity index (χ4n) is 4.55. The normalized spacial score (nSPS) is 16.3. The van der Waals surface area contributed by atoms with Gasteiger partial charge in [0, 0.05) is 55.5 Å². The molecule has 174 valence electrons. The van der Waals surface area contributed by atoms with Crippen molar-refractivity contribution in [3.63, 3.8) is 0 Å². The Morgan fingerprint density at radius 3 is 2.91 bits per heavy atom. The van der Waals surface area contributed by atoms with E-state index in [4.69, 9.17) is 14.5 Å². The Hall–Kier alpha value is -3.98. The third-order valence-electron chi connectivity index (χ3n) is 6.17. The van der Waals surface area contributed by atoms with Crippen LogP contribution in [0.3, 0.4) is 0 Å². The van der Waals surface area contributed by atoms with E-state index < -0.39 is 5.60 Å². The number of rotatable bonds is 5. The first-order chi connectivity index (χ1) is 16.5. The standard InChI is InChI=1S/C25H26N6O3/c1-25(32)14-31(15-25)20-6-4-17(12-22(20)33-2)28-23-24-27-7-9-30(24)13-19(29-23)16-3-5-18-21(11-16)34-10-8-26-18/h3-7,9,11-13,26,32H,8,10,14-15H2,1-2H3,(H,28,29). The van der Waals surface area contributed by atoms with Crippen LogP contribution in [0.1, 0.15) is 6.92 Å². The molecule has 4 heterocycles. The van der Waals surface area contributed by atoms with E-state index >= 15 is 0 Å². The minimum absolute atomic E-state index is 0.578. The molecule has 0 unspecified atom stereocenters. The zero-order valence-electron chi connectivity index (χ0n) is 19.1. The molecule has 0 radical (unpaired) electrons. The van der Waals surface area contributed by atoms with Crippen molar-refractivity contribution in [2.75, 3.05) is 48.9 Å². The average molecular weight is 459 g/mol. The summed E-state index contributed by atoms with van der Waals surface area (Å²) in [6.07, 6.45) is 5.62. The molecule has 0 atom stereocenters. The molecule has 4 aromatic rings. The third-order valence-corrected chi connectivity index (χ3v) is 6.17. The molecule has 2 aromatic carbocycles. The van der Waals surface area contributed by atoms with Crippen LogP contribution < -0.4 is 25.0 Å². The summed E-state index contributed by atoms with van der Waals surface area (Å²) in [7, 11) is 1.65. The van der Waals surface area contributed by atoms with Gasteiger partial charge in [-0.15, -0.1) is 0 Å². The highest BCUT2D eigenvalue weighted by molar-refractivity contribution is 5.77. The minimum Gasteiger partial charge on any atom is -0.495 e. The number of aromatic nitrogens is 3. The van der Waals surface area contributed by atoms with Gasteiger partial charge in [-0.3, -0.25) is 0 Å². The number of aliphatic hydroxyl groups is 1. The summed E-state index contributed by atoms with van der Waals surface area (Å²) >= 11 is 0. The molecule has 0 spiro atoms. The first kappa shape index (κ1) is 20.6. The molecular formula is C25H26N6O3. The number of imidazole rings is 1. The maximum atomic E-state index is 10.1. The summed E-state index contributed by atoms with van der Waals surface area (Å²) in [6, 6.07) is 12.0. The molecule has 34 heavy (non-hydrogen) atoms. The predicted octanol–water partition coefficient (Wildman–Crippen LogP) is 3.52. The zero-order valence-corrected chi connectivity index (χ0v) is 19.1. The van der Waals surface area contributed by atoms with Crippen LogP contribution >= 0.6 is 0 Å². The molecule has 0 amide bonds. The lowest BCUT2D eigenvalue weighted by Crippen LogP contribution is -2.60. The highest BCUT2D eigenvalue weighted by Crippen LogP contribution is 2.38. The average Bonchev–Trinajstić information content (AvgIpc) is 3.31. The number of hydrogen-bond acceptors (Lipinski definition) is 8. The molecule has 2 aliphatic heterocycles. The van der Waals surface area contributed by atoms with Crippen LogP contribution in [0, 0.1) is 0 Å². The third kappa shape index (κ3) is 3.63. The number of fused-ring (bicyclic) bond motifs is 2. The molecule has 1 saturated heterocycles. The predicted molar refractivity (Wildman–Crippen MR) is 132 cm³/mol. The summed E-state index contributed by atoms with van der Waals surface area (Å²) < 4.78 is 13.4. The van der Waals surface area contributed by atoms with Crippen molar-refractivity contribution in [2.24, 2.45) is 0 Å². The molecular weight excluding hydrogens is 432 g/mol. The number of nitrogens with one attached hydrogen (secondary N) is 2. The van der Waals surface area contributed by atoms with Crippen molar-refractivity contribution in [1.29, 1.82) is 0 Å². The van der Waals surface area contributed by atoms with Crippen LogP contribution in [0.4, 0.5) is 22.9 Å². The van der Waals surface area contributed by atoms with Gasteiger partial charge in [-0.05, 0) is 31.2 Å². The second-order valence-electron chi connectivity index (χ2n) is 8.98. The molecule has 2 aliphatic rings. The van der Waals surface area contributed by atoms with Gasteiger partial charge in [0.15, 0.2) is 11.5 Å². The lowest BCUT2D eigenvalue weighted by Gasteiger charge is -2.46. The monoisotopic (exact) mass is 458 g/mol. The molecule has 0 aliphatic carbocycles.